The zero-order valence-corrected chi connectivity index (χ0v) is 8.63. The summed E-state index contributed by atoms with van der Waals surface area (Å²) in [6, 6.07) is 0. The van der Waals surface area contributed by atoms with Crippen LogP contribution in [-0.2, 0) is 10.8 Å². The third-order valence-electron chi connectivity index (χ3n) is 0. The molecule has 0 aliphatic rings. The van der Waals surface area contributed by atoms with Crippen LogP contribution in [0.15, 0.2) is 0 Å². The summed E-state index contributed by atoms with van der Waals surface area (Å²) in [7, 11) is 17.0. The van der Waals surface area contributed by atoms with Gasteiger partial charge < -0.3 is 21.9 Å². The van der Waals surface area contributed by atoms with Gasteiger partial charge in [-0.15, -0.1) is 0 Å². The van der Waals surface area contributed by atoms with Gasteiger partial charge in [0.1, 0.15) is 0 Å². The summed E-state index contributed by atoms with van der Waals surface area (Å²) in [5.74, 6) is 0. The molecule has 0 aliphatic heterocycles. The van der Waals surface area contributed by atoms with Gasteiger partial charge in [0.05, 0.1) is 0 Å². The van der Waals surface area contributed by atoms with Crippen LogP contribution >= 0.6 is 38.8 Å². The Balaban J connectivity index is -0.0000000133. The first-order valence-corrected chi connectivity index (χ1v) is 9.49. The molecule has 0 saturated carbocycles. The molecule has 9 heavy (non-hydrogen) atoms. The van der Waals surface area contributed by atoms with Crippen molar-refractivity contribution in [3.8, 4) is 0 Å². The van der Waals surface area contributed by atoms with E-state index in [1.165, 1.54) is 0 Å². The molecule has 0 radical (unpaired) electrons. The normalized spacial score (nSPS) is 8.44. The third-order valence-corrected chi connectivity index (χ3v) is 0. The van der Waals surface area contributed by atoms with Crippen molar-refractivity contribution < 1.29 is 32.7 Å². The number of hydrogen-bond acceptors (Lipinski definition) is 0. The fourth-order valence-corrected chi connectivity index (χ4v) is 0. The standard InChI is InChI=1S/4ClH.4H2O.Ru/h4*1H;4*1H2;/q;;;;;;;;+4/p-4. The maximum absolute atomic E-state index is 5.00. The molecule has 8 N–H and O–H groups in total. The summed E-state index contributed by atoms with van der Waals surface area (Å²) in [5, 5.41) is 0. The van der Waals surface area contributed by atoms with Crippen molar-refractivity contribution in [2.45, 2.75) is 0 Å². The second-order valence-electron chi connectivity index (χ2n) is 0.303. The summed E-state index contributed by atoms with van der Waals surface area (Å²) in [6.07, 6.45) is 0. The molecule has 4 nitrogen and oxygen atoms in total. The second kappa shape index (κ2) is 12.3. The van der Waals surface area contributed by atoms with Crippen molar-refractivity contribution in [3.63, 3.8) is 0 Å². The van der Waals surface area contributed by atoms with Crippen LogP contribution in [0.2, 0.25) is 0 Å². The topological polar surface area (TPSA) is 126 Å². The van der Waals surface area contributed by atoms with E-state index in [2.05, 4.69) is 0 Å². The molecule has 0 aliphatic carbocycles. The monoisotopic (exact) mass is 314 g/mol. The van der Waals surface area contributed by atoms with E-state index in [1.54, 1.807) is 0 Å². The molecule has 0 spiro atoms. The van der Waals surface area contributed by atoms with Gasteiger partial charge in [-0.1, -0.05) is 0 Å². The number of rotatable bonds is 0. The van der Waals surface area contributed by atoms with E-state index >= 15 is 0 Å². The van der Waals surface area contributed by atoms with Crippen LogP contribution in [0.3, 0.4) is 0 Å². The molecule has 0 rings (SSSR count). The summed E-state index contributed by atoms with van der Waals surface area (Å²) in [5.41, 5.74) is 0. The molecule has 0 bridgehead atoms. The minimum atomic E-state index is -2.97. The first kappa shape index (κ1) is 31.1. The molecular formula is H8Cl4O4Ru. The zero-order valence-electron chi connectivity index (χ0n) is 3.87. The van der Waals surface area contributed by atoms with E-state index in [-0.39, 0.29) is 21.9 Å². The first-order chi connectivity index (χ1) is 2.00. The summed E-state index contributed by atoms with van der Waals surface area (Å²) in [6.45, 7) is 0. The fourth-order valence-electron chi connectivity index (χ4n) is 0. The molecule has 0 unspecified atom stereocenters. The van der Waals surface area contributed by atoms with Crippen LogP contribution in [0.25, 0.3) is 0 Å². The van der Waals surface area contributed by atoms with Gasteiger partial charge in [0, 0.05) is 0 Å². The van der Waals surface area contributed by atoms with Crippen molar-refractivity contribution in [1.82, 2.24) is 0 Å². The van der Waals surface area contributed by atoms with Gasteiger partial charge in [-0.05, 0) is 0 Å². The van der Waals surface area contributed by atoms with Crippen LogP contribution in [-0.4, -0.2) is 21.9 Å². The van der Waals surface area contributed by atoms with Gasteiger partial charge in [0.2, 0.25) is 0 Å². The summed E-state index contributed by atoms with van der Waals surface area (Å²) in [4.78, 5) is 0. The van der Waals surface area contributed by atoms with Gasteiger partial charge >= 0.3 is 49.6 Å². The average Bonchev–Trinajstić information content (AvgIpc) is 0.722. The van der Waals surface area contributed by atoms with Gasteiger partial charge in [-0.25, -0.2) is 0 Å². The van der Waals surface area contributed by atoms with Crippen LogP contribution < -0.4 is 0 Å². The summed E-state index contributed by atoms with van der Waals surface area (Å²) >= 11 is 0. The minimum absolute atomic E-state index is 0. The fraction of sp³-hybridized carbons (Fsp3) is 0. The Hall–Kier alpha value is 1.62. The Morgan fingerprint density at radius 2 is 0.556 bits per heavy atom. The van der Waals surface area contributed by atoms with Crippen LogP contribution in [0.1, 0.15) is 0 Å². The molecule has 0 saturated heterocycles. The van der Waals surface area contributed by atoms with E-state index in [1.807, 2.05) is 0 Å². The second-order valence-corrected chi connectivity index (χ2v) is 16.1. The first-order valence-electron chi connectivity index (χ1n) is 0.535. The zero-order chi connectivity index (χ0) is 4.50. The van der Waals surface area contributed by atoms with Gasteiger partial charge in [0.15, 0.2) is 0 Å². The number of halogens is 4. The van der Waals surface area contributed by atoms with Gasteiger partial charge in [-0.2, -0.15) is 0 Å². The molecule has 0 atom stereocenters. The molecule has 9 heteroatoms. The molecule has 0 aromatic rings. The Bertz CT molecular complexity index is 28.0. The predicted molar refractivity (Wildman–Crippen MR) is 37.9 cm³/mol. The third kappa shape index (κ3) is 212. The van der Waals surface area contributed by atoms with E-state index in [4.69, 9.17) is 38.8 Å². The van der Waals surface area contributed by atoms with Crippen molar-refractivity contribution in [3.05, 3.63) is 0 Å². The molecule has 68 valence electrons. The van der Waals surface area contributed by atoms with E-state index in [0.29, 0.717) is 0 Å². The maximum atomic E-state index is 5.00. The average molecular weight is 315 g/mol. The summed E-state index contributed by atoms with van der Waals surface area (Å²) < 4.78 is 0. The molecule has 0 amide bonds. The Kier molecular flexibility index (Phi) is 42.6. The van der Waals surface area contributed by atoms with Crippen molar-refractivity contribution in [2.24, 2.45) is 0 Å². The van der Waals surface area contributed by atoms with Gasteiger partial charge in [0.25, 0.3) is 0 Å². The molecular weight excluding hydrogens is 307 g/mol. The van der Waals surface area contributed by atoms with E-state index < -0.39 is 10.8 Å². The van der Waals surface area contributed by atoms with E-state index in [0.717, 1.165) is 0 Å². The Morgan fingerprint density at radius 1 is 0.556 bits per heavy atom. The molecule has 0 fully saturated rings. The SMILES string of the molecule is O.O.O.O.[Cl][Ru]([Cl])([Cl])[Cl]. The van der Waals surface area contributed by atoms with Crippen molar-refractivity contribution in [2.75, 3.05) is 0 Å². The van der Waals surface area contributed by atoms with E-state index in [9.17, 15) is 0 Å². The Labute approximate surface area is 71.3 Å². The van der Waals surface area contributed by atoms with Gasteiger partial charge in [-0.3, -0.25) is 0 Å². The van der Waals surface area contributed by atoms with Crippen LogP contribution in [0, 0.1) is 0 Å². The van der Waals surface area contributed by atoms with Crippen LogP contribution in [0.4, 0.5) is 0 Å². The molecule has 0 heterocycles. The number of hydrogen-bond donors (Lipinski definition) is 0. The van der Waals surface area contributed by atoms with Crippen molar-refractivity contribution in [1.29, 1.82) is 0 Å². The molecule has 0 aromatic heterocycles. The van der Waals surface area contributed by atoms with Crippen LogP contribution in [0.5, 0.6) is 0 Å². The van der Waals surface area contributed by atoms with Crippen molar-refractivity contribution >= 4 is 38.8 Å². The predicted octanol–water partition coefficient (Wildman–Crippen LogP) is -0.543. The quantitative estimate of drug-likeness (QED) is 0.532. The Morgan fingerprint density at radius 3 is 0.556 bits per heavy atom. The molecule has 0 aromatic carbocycles.